The highest BCUT2D eigenvalue weighted by Crippen LogP contribution is 2.32. The molecule has 0 fully saturated rings. The van der Waals surface area contributed by atoms with Gasteiger partial charge < -0.3 is 11.1 Å². The molecule has 2 aromatic heterocycles. The number of fused-ring (bicyclic) bond motifs is 1. The van der Waals surface area contributed by atoms with Crippen molar-refractivity contribution in [1.29, 1.82) is 0 Å². The lowest BCUT2D eigenvalue weighted by Crippen LogP contribution is -2.47. The Morgan fingerprint density at radius 1 is 1.35 bits per heavy atom. The van der Waals surface area contributed by atoms with Gasteiger partial charge in [-0.05, 0) is 31.4 Å². The lowest BCUT2D eigenvalue weighted by molar-refractivity contribution is 0.0893. The molecule has 0 saturated carbocycles. The van der Waals surface area contributed by atoms with Crippen molar-refractivity contribution in [3.8, 4) is 0 Å². The first-order valence-electron chi connectivity index (χ1n) is 7.02. The van der Waals surface area contributed by atoms with Crippen molar-refractivity contribution in [2.24, 2.45) is 0 Å². The van der Waals surface area contributed by atoms with E-state index in [4.69, 9.17) is 5.73 Å². The Morgan fingerprint density at radius 2 is 2.00 bits per heavy atom. The van der Waals surface area contributed by atoms with Crippen LogP contribution in [0.3, 0.4) is 0 Å². The lowest BCUT2D eigenvalue weighted by atomic mass is 9.89. The second-order valence-electron chi connectivity index (χ2n) is 5.00. The van der Waals surface area contributed by atoms with Gasteiger partial charge in [0.15, 0.2) is 0 Å². The van der Waals surface area contributed by atoms with Crippen LogP contribution in [0.4, 0.5) is 5.69 Å². The first-order chi connectivity index (χ1) is 9.56. The van der Waals surface area contributed by atoms with Crippen molar-refractivity contribution in [3.63, 3.8) is 0 Å². The van der Waals surface area contributed by atoms with Crippen LogP contribution < -0.4 is 11.1 Å². The third kappa shape index (κ3) is 2.50. The summed E-state index contributed by atoms with van der Waals surface area (Å²) in [6.07, 6.45) is 4.45. The number of aromatic nitrogens is 1. The first kappa shape index (κ1) is 14.8. The molecule has 108 valence electrons. The zero-order valence-electron chi connectivity index (χ0n) is 12.2. The third-order valence-electron chi connectivity index (χ3n) is 4.12. The van der Waals surface area contributed by atoms with Crippen LogP contribution in [0.2, 0.25) is 0 Å². The van der Waals surface area contributed by atoms with E-state index in [0.717, 1.165) is 29.5 Å². The minimum Gasteiger partial charge on any atom is -0.397 e. The SMILES string of the molecule is CCC(CC)(CC)NC(=O)c1sc2ncccc2c1N. The average molecular weight is 291 g/mol. The van der Waals surface area contributed by atoms with Gasteiger partial charge in [-0.3, -0.25) is 4.79 Å². The summed E-state index contributed by atoms with van der Waals surface area (Å²) in [6.45, 7) is 6.30. The fraction of sp³-hybridized carbons (Fsp3) is 0.467. The predicted octanol–water partition coefficient (Wildman–Crippen LogP) is 3.58. The van der Waals surface area contributed by atoms with Crippen molar-refractivity contribution in [2.75, 3.05) is 5.73 Å². The molecule has 3 N–H and O–H groups in total. The topological polar surface area (TPSA) is 68.0 Å². The highest BCUT2D eigenvalue weighted by atomic mass is 32.1. The molecular formula is C15H21N3OS. The maximum Gasteiger partial charge on any atom is 0.264 e. The Bertz CT molecular complexity index is 608. The van der Waals surface area contributed by atoms with Crippen LogP contribution >= 0.6 is 11.3 Å². The highest BCUT2D eigenvalue weighted by molar-refractivity contribution is 7.21. The quantitative estimate of drug-likeness (QED) is 0.884. The number of hydrogen-bond donors (Lipinski definition) is 2. The van der Waals surface area contributed by atoms with Gasteiger partial charge >= 0.3 is 0 Å². The fourth-order valence-electron chi connectivity index (χ4n) is 2.43. The molecule has 20 heavy (non-hydrogen) atoms. The lowest BCUT2D eigenvalue weighted by Gasteiger charge is -2.31. The minimum atomic E-state index is -0.146. The van der Waals surface area contributed by atoms with E-state index >= 15 is 0 Å². The van der Waals surface area contributed by atoms with E-state index in [1.165, 1.54) is 11.3 Å². The molecule has 0 atom stereocenters. The molecule has 0 aliphatic rings. The van der Waals surface area contributed by atoms with Gasteiger partial charge in [-0.15, -0.1) is 11.3 Å². The summed E-state index contributed by atoms with van der Waals surface area (Å²) in [5.74, 6) is -0.0870. The van der Waals surface area contributed by atoms with Crippen molar-refractivity contribution in [3.05, 3.63) is 23.2 Å². The number of hydrogen-bond acceptors (Lipinski definition) is 4. The summed E-state index contributed by atoms with van der Waals surface area (Å²) in [4.78, 5) is 18.2. The van der Waals surface area contributed by atoms with Crippen LogP contribution in [0.25, 0.3) is 10.2 Å². The smallest absolute Gasteiger partial charge is 0.264 e. The fourth-order valence-corrected chi connectivity index (χ4v) is 3.39. The van der Waals surface area contributed by atoms with E-state index in [2.05, 4.69) is 31.1 Å². The molecule has 0 aliphatic heterocycles. The van der Waals surface area contributed by atoms with E-state index in [1.807, 2.05) is 12.1 Å². The van der Waals surface area contributed by atoms with Gasteiger partial charge in [-0.2, -0.15) is 0 Å². The van der Waals surface area contributed by atoms with Gasteiger partial charge in [0.05, 0.1) is 5.69 Å². The number of pyridine rings is 1. The number of nitrogens with one attached hydrogen (secondary N) is 1. The maximum atomic E-state index is 12.5. The Hall–Kier alpha value is -1.62. The number of thiophene rings is 1. The van der Waals surface area contributed by atoms with Crippen LogP contribution in [0.1, 0.15) is 49.7 Å². The standard InChI is InChI=1S/C15H21N3OS/c1-4-15(5-2,6-3)18-13(19)12-11(16)10-8-7-9-17-14(10)20-12/h7-9H,4-6,16H2,1-3H3,(H,18,19). The second kappa shape index (κ2) is 5.79. The molecule has 4 nitrogen and oxygen atoms in total. The molecule has 0 spiro atoms. The van der Waals surface area contributed by atoms with E-state index in [-0.39, 0.29) is 11.4 Å². The van der Waals surface area contributed by atoms with Crippen LogP contribution in [-0.4, -0.2) is 16.4 Å². The number of nitrogens with zero attached hydrogens (tertiary/aromatic N) is 1. The van der Waals surface area contributed by atoms with Crippen molar-refractivity contribution in [1.82, 2.24) is 10.3 Å². The molecule has 2 heterocycles. The number of nitrogen functional groups attached to an aromatic ring is 1. The number of anilines is 1. The molecular weight excluding hydrogens is 270 g/mol. The van der Waals surface area contributed by atoms with E-state index < -0.39 is 0 Å². The van der Waals surface area contributed by atoms with Gasteiger partial charge in [0, 0.05) is 17.1 Å². The van der Waals surface area contributed by atoms with Gasteiger partial charge in [0.25, 0.3) is 5.91 Å². The Kier molecular flexibility index (Phi) is 4.28. The van der Waals surface area contributed by atoms with Gasteiger partial charge in [0.2, 0.25) is 0 Å². The number of rotatable bonds is 5. The molecule has 0 aliphatic carbocycles. The first-order valence-corrected chi connectivity index (χ1v) is 7.84. The molecule has 5 heteroatoms. The Labute approximate surface area is 123 Å². The normalized spacial score (nSPS) is 11.8. The van der Waals surface area contributed by atoms with Crippen LogP contribution in [0.5, 0.6) is 0 Å². The summed E-state index contributed by atoms with van der Waals surface area (Å²) in [7, 11) is 0. The molecule has 0 unspecified atom stereocenters. The molecule has 0 saturated heterocycles. The van der Waals surface area contributed by atoms with Crippen molar-refractivity contribution < 1.29 is 4.79 Å². The zero-order valence-corrected chi connectivity index (χ0v) is 13.0. The number of nitrogens with two attached hydrogens (primary N) is 1. The Balaban J connectivity index is 2.34. The molecule has 2 rings (SSSR count). The predicted molar refractivity (Wildman–Crippen MR) is 85.1 cm³/mol. The largest absolute Gasteiger partial charge is 0.397 e. The maximum absolute atomic E-state index is 12.5. The van der Waals surface area contributed by atoms with Gasteiger partial charge in [-0.25, -0.2) is 4.98 Å². The molecule has 0 radical (unpaired) electrons. The summed E-state index contributed by atoms with van der Waals surface area (Å²) in [5, 5.41) is 4.02. The third-order valence-corrected chi connectivity index (χ3v) is 5.25. The summed E-state index contributed by atoms with van der Waals surface area (Å²) >= 11 is 1.36. The summed E-state index contributed by atoms with van der Waals surface area (Å²) in [5.41, 5.74) is 6.48. The molecule has 0 aromatic carbocycles. The van der Waals surface area contributed by atoms with Gasteiger partial charge in [0.1, 0.15) is 9.71 Å². The summed E-state index contributed by atoms with van der Waals surface area (Å²) < 4.78 is 0. The summed E-state index contributed by atoms with van der Waals surface area (Å²) in [6, 6.07) is 3.74. The number of amides is 1. The van der Waals surface area contributed by atoms with Crippen molar-refractivity contribution in [2.45, 2.75) is 45.6 Å². The minimum absolute atomic E-state index is 0.0870. The van der Waals surface area contributed by atoms with Crippen LogP contribution in [-0.2, 0) is 0 Å². The molecule has 2 aromatic rings. The second-order valence-corrected chi connectivity index (χ2v) is 6.00. The van der Waals surface area contributed by atoms with Crippen molar-refractivity contribution >= 4 is 33.1 Å². The monoisotopic (exact) mass is 291 g/mol. The zero-order chi connectivity index (χ0) is 14.8. The van der Waals surface area contributed by atoms with E-state index in [0.29, 0.717) is 10.6 Å². The van der Waals surface area contributed by atoms with Crippen LogP contribution in [0.15, 0.2) is 18.3 Å². The van der Waals surface area contributed by atoms with E-state index in [1.54, 1.807) is 6.20 Å². The number of carbonyl (C=O) groups is 1. The molecule has 0 bridgehead atoms. The van der Waals surface area contributed by atoms with E-state index in [9.17, 15) is 4.79 Å². The molecule has 1 amide bonds. The van der Waals surface area contributed by atoms with Crippen LogP contribution in [0, 0.1) is 0 Å². The average Bonchev–Trinajstić information content (AvgIpc) is 2.83. The highest BCUT2D eigenvalue weighted by Gasteiger charge is 2.28. The van der Waals surface area contributed by atoms with Gasteiger partial charge in [-0.1, -0.05) is 20.8 Å². The number of carbonyl (C=O) groups excluding carboxylic acids is 1. The Morgan fingerprint density at radius 3 is 2.55 bits per heavy atom.